The minimum atomic E-state index is -6.87. The zero-order valence-corrected chi connectivity index (χ0v) is 29.1. The Morgan fingerprint density at radius 3 is 2.39 bits per heavy atom. The number of terminal acetylenes is 1. The molecule has 56 heavy (non-hydrogen) atoms. The highest BCUT2D eigenvalue weighted by atomic mass is 19.4. The van der Waals surface area contributed by atoms with E-state index in [0.717, 1.165) is 0 Å². The molecular formula is C37H31F11N6O2. The van der Waals surface area contributed by atoms with Crippen molar-refractivity contribution in [3.63, 3.8) is 0 Å². The molecule has 6 heterocycles. The molecule has 19 heteroatoms. The van der Waals surface area contributed by atoms with Gasteiger partial charge in [0.05, 0.1) is 28.3 Å². The van der Waals surface area contributed by atoms with Crippen molar-refractivity contribution in [2.24, 2.45) is 0 Å². The molecule has 3 saturated heterocycles. The first-order chi connectivity index (χ1) is 26.4. The number of piperazine rings is 1. The number of fused-ring (bicyclic) bond motifs is 4. The Bertz CT molecular complexity index is 2220. The van der Waals surface area contributed by atoms with Gasteiger partial charge in [0.1, 0.15) is 29.5 Å². The van der Waals surface area contributed by atoms with Crippen LogP contribution < -0.4 is 15.0 Å². The Labute approximate surface area is 311 Å². The fraction of sp³-hybridized carbons (Fsp3) is 0.486. The highest BCUT2D eigenvalue weighted by Crippen LogP contribution is 2.57. The van der Waals surface area contributed by atoms with Crippen molar-refractivity contribution < 1.29 is 57.8 Å². The SMILES string of the molecule is C#Cc1c(F)ccc2cccc(-c3nc4c5c(nc(OCC67CCCN6CC(OC(C(F)(F)F)(C(F)(F)F)C(F)(F)F)C7)nc5c3F)N3CCNC[C@H]3CC4)c12. The second-order valence-corrected chi connectivity index (χ2v) is 14.5. The Hall–Kier alpha value is -4.54. The van der Waals surface area contributed by atoms with E-state index in [1.54, 1.807) is 18.2 Å². The van der Waals surface area contributed by atoms with E-state index in [-0.39, 0.29) is 58.6 Å². The number of rotatable bonds is 6. The van der Waals surface area contributed by atoms with E-state index < -0.39 is 67.0 Å². The van der Waals surface area contributed by atoms with E-state index in [1.807, 2.05) is 4.90 Å². The van der Waals surface area contributed by atoms with Gasteiger partial charge in [-0.05, 0) is 50.1 Å². The molecule has 8 rings (SSSR count). The van der Waals surface area contributed by atoms with Crippen LogP contribution >= 0.6 is 0 Å². The van der Waals surface area contributed by atoms with Gasteiger partial charge >= 0.3 is 30.1 Å². The first kappa shape index (κ1) is 38.3. The zero-order valence-electron chi connectivity index (χ0n) is 29.1. The maximum absolute atomic E-state index is 17.0. The van der Waals surface area contributed by atoms with E-state index in [4.69, 9.17) is 16.1 Å². The lowest BCUT2D eigenvalue weighted by molar-refractivity contribution is -0.463. The summed E-state index contributed by atoms with van der Waals surface area (Å²) in [6, 6.07) is 7.07. The second-order valence-electron chi connectivity index (χ2n) is 14.5. The highest BCUT2D eigenvalue weighted by Gasteiger charge is 2.86. The second kappa shape index (κ2) is 13.3. The summed E-state index contributed by atoms with van der Waals surface area (Å²) in [7, 11) is 0. The summed E-state index contributed by atoms with van der Waals surface area (Å²) in [5.74, 6) is 1.02. The lowest BCUT2D eigenvalue weighted by atomic mass is 9.93. The van der Waals surface area contributed by atoms with Gasteiger partial charge in [-0.2, -0.15) is 49.5 Å². The fourth-order valence-corrected chi connectivity index (χ4v) is 8.81. The third kappa shape index (κ3) is 5.89. The molecule has 0 spiro atoms. The number of benzene rings is 2. The maximum atomic E-state index is 17.0. The molecule has 0 saturated carbocycles. The summed E-state index contributed by atoms with van der Waals surface area (Å²) in [4.78, 5) is 17.2. The van der Waals surface area contributed by atoms with E-state index in [0.29, 0.717) is 55.4 Å². The van der Waals surface area contributed by atoms with Gasteiger partial charge in [0.2, 0.25) is 0 Å². The molecule has 0 amide bonds. The molecule has 1 N–H and O–H groups in total. The van der Waals surface area contributed by atoms with Crippen LogP contribution in [-0.2, 0) is 11.2 Å². The van der Waals surface area contributed by atoms with Crippen LogP contribution in [0, 0.1) is 24.0 Å². The lowest BCUT2D eigenvalue weighted by Gasteiger charge is -2.40. The normalized spacial score (nSPS) is 23.3. The van der Waals surface area contributed by atoms with E-state index in [9.17, 15) is 43.9 Å². The number of hydrogen-bond acceptors (Lipinski definition) is 8. The van der Waals surface area contributed by atoms with Gasteiger partial charge < -0.3 is 19.7 Å². The molecule has 298 valence electrons. The van der Waals surface area contributed by atoms with Gasteiger partial charge in [0.15, 0.2) is 5.82 Å². The summed E-state index contributed by atoms with van der Waals surface area (Å²) >= 11 is 0. The van der Waals surface area contributed by atoms with Crippen molar-refractivity contribution in [3.05, 3.63) is 53.2 Å². The van der Waals surface area contributed by atoms with E-state index in [2.05, 4.69) is 25.9 Å². The van der Waals surface area contributed by atoms with Crippen molar-refractivity contribution in [2.45, 2.75) is 73.9 Å². The van der Waals surface area contributed by atoms with Gasteiger partial charge in [-0.15, -0.1) is 6.42 Å². The van der Waals surface area contributed by atoms with Crippen molar-refractivity contribution in [1.29, 1.82) is 0 Å². The van der Waals surface area contributed by atoms with Crippen molar-refractivity contribution in [3.8, 4) is 29.6 Å². The van der Waals surface area contributed by atoms with Gasteiger partial charge in [-0.25, -0.2) is 13.8 Å². The number of aromatic nitrogens is 3. The average molecular weight is 801 g/mol. The average Bonchev–Trinajstić information content (AvgIpc) is 3.63. The van der Waals surface area contributed by atoms with Crippen LogP contribution in [0.25, 0.3) is 32.9 Å². The van der Waals surface area contributed by atoms with Gasteiger partial charge in [0.25, 0.3) is 0 Å². The topological polar surface area (TPSA) is 75.6 Å². The molecule has 3 fully saturated rings. The zero-order chi connectivity index (χ0) is 40.0. The van der Waals surface area contributed by atoms with Gasteiger partial charge in [-0.1, -0.05) is 30.2 Å². The molecule has 3 atom stereocenters. The Balaban J connectivity index is 1.20. The van der Waals surface area contributed by atoms with Gasteiger partial charge in [0, 0.05) is 43.2 Å². The lowest BCUT2D eigenvalue weighted by Crippen LogP contribution is -2.68. The molecule has 0 bridgehead atoms. The summed E-state index contributed by atoms with van der Waals surface area (Å²) in [6.45, 7) is 0.535. The van der Waals surface area contributed by atoms with Crippen LogP contribution in [0.4, 0.5) is 54.1 Å². The summed E-state index contributed by atoms with van der Waals surface area (Å²) < 4.78 is 166. The summed E-state index contributed by atoms with van der Waals surface area (Å²) in [5.41, 5.74) is -7.61. The van der Waals surface area contributed by atoms with E-state index in [1.165, 1.54) is 17.0 Å². The van der Waals surface area contributed by atoms with Crippen molar-refractivity contribution >= 4 is 27.5 Å². The number of nitrogens with zero attached hydrogens (tertiary/aromatic N) is 5. The minimum Gasteiger partial charge on any atom is -0.461 e. The molecule has 4 aliphatic heterocycles. The Kier molecular flexibility index (Phi) is 9.08. The van der Waals surface area contributed by atoms with E-state index >= 15 is 4.39 Å². The van der Waals surface area contributed by atoms with Crippen LogP contribution in [0.1, 0.15) is 36.9 Å². The molecule has 2 aromatic carbocycles. The number of ether oxygens (including phenoxy) is 2. The van der Waals surface area contributed by atoms with Crippen LogP contribution in [0.3, 0.4) is 0 Å². The predicted octanol–water partition coefficient (Wildman–Crippen LogP) is 7.26. The number of anilines is 1. The summed E-state index contributed by atoms with van der Waals surface area (Å²) in [5, 5.41) is 4.38. The molecular weight excluding hydrogens is 769 g/mol. The monoisotopic (exact) mass is 800 g/mol. The Morgan fingerprint density at radius 2 is 1.68 bits per heavy atom. The van der Waals surface area contributed by atoms with Crippen LogP contribution in [-0.4, -0.2) is 101 Å². The first-order valence-electron chi connectivity index (χ1n) is 17.7. The number of halogens is 11. The highest BCUT2D eigenvalue weighted by molar-refractivity contribution is 6.02. The number of pyridine rings is 1. The smallest absolute Gasteiger partial charge is 0.435 e. The number of alkyl halides is 9. The minimum absolute atomic E-state index is 0.0990. The molecule has 2 aromatic heterocycles. The Morgan fingerprint density at radius 1 is 0.929 bits per heavy atom. The quantitative estimate of drug-likeness (QED) is 0.162. The van der Waals surface area contributed by atoms with Crippen LogP contribution in [0.2, 0.25) is 0 Å². The predicted molar refractivity (Wildman–Crippen MR) is 180 cm³/mol. The molecule has 0 radical (unpaired) electrons. The van der Waals surface area contributed by atoms with Crippen LogP contribution in [0.5, 0.6) is 6.01 Å². The molecule has 0 aliphatic carbocycles. The number of aryl methyl sites for hydroxylation is 1. The van der Waals surface area contributed by atoms with Crippen molar-refractivity contribution in [1.82, 2.24) is 25.2 Å². The fourth-order valence-electron chi connectivity index (χ4n) is 8.81. The molecule has 4 aromatic rings. The number of hydrogen-bond donors (Lipinski definition) is 1. The first-order valence-corrected chi connectivity index (χ1v) is 17.7. The summed E-state index contributed by atoms with van der Waals surface area (Å²) in [6.07, 6.45) is -16.3. The maximum Gasteiger partial charge on any atom is 0.435 e. The molecule has 8 nitrogen and oxygen atoms in total. The third-order valence-corrected chi connectivity index (χ3v) is 11.3. The van der Waals surface area contributed by atoms with Crippen LogP contribution in [0.15, 0.2) is 30.3 Å². The third-order valence-electron chi connectivity index (χ3n) is 11.3. The van der Waals surface area contributed by atoms with Gasteiger partial charge in [-0.3, -0.25) is 4.90 Å². The number of nitrogens with one attached hydrogen (secondary N) is 1. The van der Waals surface area contributed by atoms with Crippen molar-refractivity contribution in [2.75, 3.05) is 44.2 Å². The largest absolute Gasteiger partial charge is 0.461 e. The molecule has 4 aliphatic rings. The molecule has 2 unspecified atom stereocenters. The standard InChI is InChI=1S/C37H31F11N6O2/c1-2-22-24(38)9-7-19-5-3-6-23(26(19)22)29-28(39)30-27-25(50-29)10-8-20-16-49-12-14-54(20)31(27)52-32(51-30)55-18-33-11-4-13-53(33)17-21(15-33)56-34(35(40,41)42,36(43,44)45)37(46,47)48/h1,3,5-7,9,20-21,49H,4,8,10-18H2/t20-,21?,33?/m1/s1.